The van der Waals surface area contributed by atoms with E-state index >= 15 is 0 Å². The van der Waals surface area contributed by atoms with E-state index in [0.717, 1.165) is 27.1 Å². The number of hydrogen-bond donors (Lipinski definition) is 1. The summed E-state index contributed by atoms with van der Waals surface area (Å²) < 4.78 is 3.08. The summed E-state index contributed by atoms with van der Waals surface area (Å²) in [5.41, 5.74) is 4.08. The maximum atomic E-state index is 8.66. The maximum Gasteiger partial charge on any atom is 0.137 e. The van der Waals surface area contributed by atoms with E-state index in [1.165, 1.54) is 0 Å². The molecule has 1 aromatic carbocycles. The maximum absolute atomic E-state index is 8.66. The highest BCUT2D eigenvalue weighted by Crippen LogP contribution is 2.15. The van der Waals surface area contributed by atoms with Crippen molar-refractivity contribution in [1.82, 2.24) is 9.38 Å². The van der Waals surface area contributed by atoms with Crippen LogP contribution >= 0.6 is 15.9 Å². The molecule has 0 unspecified atom stereocenters. The van der Waals surface area contributed by atoms with Gasteiger partial charge < -0.3 is 9.72 Å². The standard InChI is InChI=1S/C16H13BrN4/c17-13-3-6-16-20-10-15(21(16)11-13)9-19-14-4-1-12(2-5-14)7-8-18/h1-6,10-11,19H,7,9H2. The van der Waals surface area contributed by atoms with E-state index in [0.29, 0.717) is 13.0 Å². The predicted octanol–water partition coefficient (Wildman–Crippen LogP) is 3.77. The average molecular weight is 341 g/mol. The molecule has 0 radical (unpaired) electrons. The van der Waals surface area contributed by atoms with E-state index in [9.17, 15) is 0 Å². The Balaban J connectivity index is 1.74. The van der Waals surface area contributed by atoms with E-state index < -0.39 is 0 Å². The molecular formula is C16H13BrN4. The number of nitriles is 1. The predicted molar refractivity (Wildman–Crippen MR) is 86.0 cm³/mol. The summed E-state index contributed by atoms with van der Waals surface area (Å²) in [5.74, 6) is 0. The van der Waals surface area contributed by atoms with Crippen molar-refractivity contribution >= 4 is 27.3 Å². The van der Waals surface area contributed by atoms with Crippen molar-refractivity contribution in [1.29, 1.82) is 5.26 Å². The fraction of sp³-hybridized carbons (Fsp3) is 0.125. The summed E-state index contributed by atoms with van der Waals surface area (Å²) in [7, 11) is 0. The van der Waals surface area contributed by atoms with Gasteiger partial charge in [0, 0.05) is 16.4 Å². The molecule has 21 heavy (non-hydrogen) atoms. The third-order valence-corrected chi connectivity index (χ3v) is 3.73. The second-order valence-electron chi connectivity index (χ2n) is 4.71. The van der Waals surface area contributed by atoms with Crippen molar-refractivity contribution in [3.8, 4) is 6.07 Å². The Morgan fingerprint density at radius 3 is 2.76 bits per heavy atom. The molecule has 0 saturated heterocycles. The van der Waals surface area contributed by atoms with Crippen LogP contribution in [0.4, 0.5) is 5.69 Å². The van der Waals surface area contributed by atoms with Gasteiger partial charge in [0.15, 0.2) is 0 Å². The zero-order valence-corrected chi connectivity index (χ0v) is 12.8. The fourth-order valence-corrected chi connectivity index (χ4v) is 2.50. The van der Waals surface area contributed by atoms with Crippen LogP contribution in [0.1, 0.15) is 11.3 Å². The highest BCUT2D eigenvalue weighted by Gasteiger charge is 2.03. The van der Waals surface area contributed by atoms with Crippen LogP contribution in [-0.2, 0) is 13.0 Å². The molecule has 0 spiro atoms. The van der Waals surface area contributed by atoms with Gasteiger partial charge in [-0.3, -0.25) is 0 Å². The molecule has 0 amide bonds. The third-order valence-electron chi connectivity index (χ3n) is 3.26. The molecular weight excluding hydrogens is 328 g/mol. The van der Waals surface area contributed by atoms with Crippen molar-refractivity contribution in [2.75, 3.05) is 5.32 Å². The summed E-state index contributed by atoms with van der Waals surface area (Å²) in [4.78, 5) is 4.38. The molecule has 4 nitrogen and oxygen atoms in total. The zero-order valence-electron chi connectivity index (χ0n) is 11.3. The lowest BCUT2D eigenvalue weighted by Crippen LogP contribution is -2.02. The van der Waals surface area contributed by atoms with Crippen molar-refractivity contribution in [2.45, 2.75) is 13.0 Å². The molecule has 0 bridgehead atoms. The second kappa shape index (κ2) is 5.98. The number of anilines is 1. The largest absolute Gasteiger partial charge is 0.379 e. The van der Waals surface area contributed by atoms with Crippen LogP contribution in [0.3, 0.4) is 0 Å². The lowest BCUT2D eigenvalue weighted by molar-refractivity contribution is 1.00. The third kappa shape index (κ3) is 3.06. The number of rotatable bonds is 4. The SMILES string of the molecule is N#CCc1ccc(NCc2cnc3ccc(Br)cn23)cc1. The molecule has 0 atom stereocenters. The molecule has 1 N–H and O–H groups in total. The molecule has 5 heteroatoms. The number of aromatic nitrogens is 2. The molecule has 3 aromatic rings. The van der Waals surface area contributed by atoms with Gasteiger partial charge >= 0.3 is 0 Å². The number of halogens is 1. The van der Waals surface area contributed by atoms with Crippen molar-refractivity contribution < 1.29 is 0 Å². The molecule has 104 valence electrons. The zero-order chi connectivity index (χ0) is 14.7. The normalized spacial score (nSPS) is 10.5. The highest BCUT2D eigenvalue weighted by atomic mass is 79.9. The summed E-state index contributed by atoms with van der Waals surface area (Å²) in [6, 6.07) is 14.0. The molecule has 2 aromatic heterocycles. The number of benzene rings is 1. The van der Waals surface area contributed by atoms with Crippen molar-refractivity contribution in [3.05, 3.63) is 64.5 Å². The first kappa shape index (κ1) is 13.7. The minimum atomic E-state index is 0.446. The van der Waals surface area contributed by atoms with Crippen LogP contribution in [-0.4, -0.2) is 9.38 Å². The minimum Gasteiger partial charge on any atom is -0.379 e. The number of hydrogen-bond acceptors (Lipinski definition) is 3. The fourth-order valence-electron chi connectivity index (χ4n) is 2.16. The molecule has 0 fully saturated rings. The Kier molecular flexibility index (Phi) is 3.89. The van der Waals surface area contributed by atoms with Gasteiger partial charge in [0.05, 0.1) is 30.9 Å². The van der Waals surface area contributed by atoms with Crippen molar-refractivity contribution in [2.24, 2.45) is 0 Å². The van der Waals surface area contributed by atoms with Crippen LogP contribution in [0.5, 0.6) is 0 Å². The van der Waals surface area contributed by atoms with Gasteiger partial charge in [-0.2, -0.15) is 5.26 Å². The van der Waals surface area contributed by atoms with Crippen LogP contribution in [0.2, 0.25) is 0 Å². The lowest BCUT2D eigenvalue weighted by atomic mass is 10.1. The molecule has 2 heterocycles. The summed E-state index contributed by atoms with van der Waals surface area (Å²) in [6.45, 7) is 0.690. The summed E-state index contributed by atoms with van der Waals surface area (Å²) in [5, 5.41) is 12.0. The first-order chi connectivity index (χ1) is 10.3. The Labute approximate surface area is 131 Å². The number of fused-ring (bicyclic) bond motifs is 1. The van der Waals surface area contributed by atoms with Crippen LogP contribution in [0.15, 0.2) is 53.3 Å². The molecule has 0 aliphatic rings. The van der Waals surface area contributed by atoms with Crippen LogP contribution < -0.4 is 5.32 Å². The average Bonchev–Trinajstić information content (AvgIpc) is 2.89. The number of nitrogens with one attached hydrogen (secondary N) is 1. The summed E-state index contributed by atoms with van der Waals surface area (Å²) >= 11 is 3.47. The first-order valence-corrected chi connectivity index (χ1v) is 7.37. The van der Waals surface area contributed by atoms with Crippen LogP contribution in [0.25, 0.3) is 5.65 Å². The Morgan fingerprint density at radius 2 is 2.00 bits per heavy atom. The van der Waals surface area contributed by atoms with Gasteiger partial charge in [-0.15, -0.1) is 0 Å². The smallest absolute Gasteiger partial charge is 0.137 e. The monoisotopic (exact) mass is 340 g/mol. The molecule has 3 rings (SSSR count). The van der Waals surface area contributed by atoms with E-state index in [2.05, 4.69) is 36.7 Å². The second-order valence-corrected chi connectivity index (χ2v) is 5.63. The Morgan fingerprint density at radius 1 is 1.19 bits per heavy atom. The topological polar surface area (TPSA) is 53.1 Å². The Hall–Kier alpha value is -2.32. The quantitative estimate of drug-likeness (QED) is 0.786. The van der Waals surface area contributed by atoms with Gasteiger partial charge in [0.1, 0.15) is 5.65 Å². The van der Waals surface area contributed by atoms with E-state index in [4.69, 9.17) is 5.26 Å². The number of imidazole rings is 1. The Bertz CT molecular complexity index is 799. The van der Waals surface area contributed by atoms with Gasteiger partial charge in [-0.1, -0.05) is 12.1 Å². The van der Waals surface area contributed by atoms with Gasteiger partial charge in [-0.05, 0) is 45.8 Å². The molecule has 0 saturated carbocycles. The molecule has 0 aliphatic heterocycles. The van der Waals surface area contributed by atoms with E-state index in [1.54, 1.807) is 0 Å². The van der Waals surface area contributed by atoms with E-state index in [1.807, 2.05) is 48.8 Å². The van der Waals surface area contributed by atoms with Gasteiger partial charge in [0.25, 0.3) is 0 Å². The highest BCUT2D eigenvalue weighted by molar-refractivity contribution is 9.10. The minimum absolute atomic E-state index is 0.446. The molecule has 0 aliphatic carbocycles. The van der Waals surface area contributed by atoms with Crippen LogP contribution in [0, 0.1) is 11.3 Å². The lowest BCUT2D eigenvalue weighted by Gasteiger charge is -2.07. The number of nitrogens with zero attached hydrogens (tertiary/aromatic N) is 3. The first-order valence-electron chi connectivity index (χ1n) is 6.57. The van der Waals surface area contributed by atoms with E-state index in [-0.39, 0.29) is 0 Å². The van der Waals surface area contributed by atoms with Crippen molar-refractivity contribution in [3.63, 3.8) is 0 Å². The summed E-state index contributed by atoms with van der Waals surface area (Å²) in [6.07, 6.45) is 4.33. The number of pyridine rings is 1. The van der Waals surface area contributed by atoms with Gasteiger partial charge in [0.2, 0.25) is 0 Å². The van der Waals surface area contributed by atoms with Gasteiger partial charge in [-0.25, -0.2) is 4.98 Å².